The van der Waals surface area contributed by atoms with Gasteiger partial charge in [-0.1, -0.05) is 36.3 Å². The molecule has 2 heteroatoms. The van der Waals surface area contributed by atoms with Gasteiger partial charge in [-0.3, -0.25) is 0 Å². The molecule has 0 aliphatic heterocycles. The SMILES string of the molecule is CC1CCc2ccccc2/C1=N/O. The Balaban J connectivity index is 2.52. The average Bonchev–Trinajstić information content (AvgIpc) is 2.18. The Labute approximate surface area is 77.9 Å². The van der Waals surface area contributed by atoms with Crippen molar-refractivity contribution in [2.45, 2.75) is 19.8 Å². The van der Waals surface area contributed by atoms with Crippen molar-refractivity contribution >= 4 is 5.71 Å². The number of oxime groups is 1. The van der Waals surface area contributed by atoms with Gasteiger partial charge in [-0.2, -0.15) is 0 Å². The molecule has 1 aliphatic rings. The highest BCUT2D eigenvalue weighted by Crippen LogP contribution is 2.25. The molecule has 1 aromatic rings. The highest BCUT2D eigenvalue weighted by molar-refractivity contribution is 6.03. The van der Waals surface area contributed by atoms with Gasteiger partial charge in [-0.25, -0.2) is 0 Å². The number of nitrogens with zero attached hydrogens (tertiary/aromatic N) is 1. The van der Waals surface area contributed by atoms with Crippen molar-refractivity contribution in [1.29, 1.82) is 0 Å². The predicted molar refractivity (Wildman–Crippen MR) is 52.3 cm³/mol. The third-order valence-corrected chi connectivity index (χ3v) is 2.71. The number of hydrogen-bond acceptors (Lipinski definition) is 2. The molecule has 0 bridgehead atoms. The van der Waals surface area contributed by atoms with E-state index in [9.17, 15) is 0 Å². The molecule has 68 valence electrons. The monoisotopic (exact) mass is 175 g/mol. The van der Waals surface area contributed by atoms with Gasteiger partial charge in [0.2, 0.25) is 0 Å². The second-order valence-electron chi connectivity index (χ2n) is 3.58. The van der Waals surface area contributed by atoms with Crippen LogP contribution in [0.1, 0.15) is 24.5 Å². The molecule has 1 N–H and O–H groups in total. The summed E-state index contributed by atoms with van der Waals surface area (Å²) in [5.41, 5.74) is 3.25. The van der Waals surface area contributed by atoms with Gasteiger partial charge in [0.15, 0.2) is 0 Å². The standard InChI is InChI=1S/C11H13NO/c1-8-6-7-9-4-2-3-5-10(9)11(8)12-13/h2-5,8,13H,6-7H2,1H3/b12-11+. The zero-order valence-electron chi connectivity index (χ0n) is 7.70. The first-order chi connectivity index (χ1) is 6.33. The van der Waals surface area contributed by atoms with Gasteiger partial charge in [-0.05, 0) is 18.4 Å². The number of benzene rings is 1. The molecule has 0 fully saturated rings. The van der Waals surface area contributed by atoms with E-state index in [1.807, 2.05) is 18.2 Å². The van der Waals surface area contributed by atoms with E-state index in [4.69, 9.17) is 5.21 Å². The van der Waals surface area contributed by atoms with Crippen molar-refractivity contribution in [3.8, 4) is 0 Å². The first-order valence-corrected chi connectivity index (χ1v) is 4.63. The van der Waals surface area contributed by atoms with Crippen molar-refractivity contribution in [2.24, 2.45) is 11.1 Å². The Bertz CT molecular complexity index is 344. The summed E-state index contributed by atoms with van der Waals surface area (Å²) in [6.07, 6.45) is 2.17. The summed E-state index contributed by atoms with van der Waals surface area (Å²) in [4.78, 5) is 0. The van der Waals surface area contributed by atoms with Crippen LogP contribution < -0.4 is 0 Å². The third kappa shape index (κ3) is 1.32. The minimum atomic E-state index is 0.375. The molecular weight excluding hydrogens is 162 g/mol. The quantitative estimate of drug-likeness (QED) is 0.476. The van der Waals surface area contributed by atoms with Crippen LogP contribution in [0, 0.1) is 5.92 Å². The molecule has 0 heterocycles. The minimum absolute atomic E-state index is 0.375. The van der Waals surface area contributed by atoms with E-state index in [0.717, 1.165) is 24.1 Å². The summed E-state index contributed by atoms with van der Waals surface area (Å²) in [6, 6.07) is 8.15. The summed E-state index contributed by atoms with van der Waals surface area (Å²) >= 11 is 0. The zero-order chi connectivity index (χ0) is 9.26. The molecule has 0 spiro atoms. The van der Waals surface area contributed by atoms with Crippen LogP contribution in [0.4, 0.5) is 0 Å². The molecule has 0 saturated carbocycles. The van der Waals surface area contributed by atoms with Crippen molar-refractivity contribution in [3.05, 3.63) is 35.4 Å². The lowest BCUT2D eigenvalue weighted by atomic mass is 9.83. The fraction of sp³-hybridized carbons (Fsp3) is 0.364. The fourth-order valence-electron chi connectivity index (χ4n) is 1.91. The molecule has 1 atom stereocenters. The van der Waals surface area contributed by atoms with Crippen LogP contribution in [0.25, 0.3) is 0 Å². The van der Waals surface area contributed by atoms with E-state index in [1.54, 1.807) is 0 Å². The third-order valence-electron chi connectivity index (χ3n) is 2.71. The lowest BCUT2D eigenvalue weighted by Crippen LogP contribution is -2.20. The van der Waals surface area contributed by atoms with Gasteiger partial charge >= 0.3 is 0 Å². The molecule has 0 aromatic heterocycles. The number of rotatable bonds is 0. The predicted octanol–water partition coefficient (Wildman–Crippen LogP) is 2.45. The van der Waals surface area contributed by atoms with Gasteiger partial charge in [-0.15, -0.1) is 0 Å². The molecule has 0 amide bonds. The van der Waals surface area contributed by atoms with E-state index in [0.29, 0.717) is 5.92 Å². The smallest absolute Gasteiger partial charge is 0.0898 e. The molecule has 0 saturated heterocycles. The first-order valence-electron chi connectivity index (χ1n) is 4.63. The van der Waals surface area contributed by atoms with E-state index >= 15 is 0 Å². The van der Waals surface area contributed by atoms with Crippen LogP contribution >= 0.6 is 0 Å². The maximum Gasteiger partial charge on any atom is 0.0898 e. The van der Waals surface area contributed by atoms with E-state index < -0.39 is 0 Å². The highest BCUT2D eigenvalue weighted by Gasteiger charge is 2.21. The van der Waals surface area contributed by atoms with Gasteiger partial charge in [0, 0.05) is 11.5 Å². The largest absolute Gasteiger partial charge is 0.411 e. The Hall–Kier alpha value is -1.31. The Morgan fingerprint density at radius 2 is 2.15 bits per heavy atom. The van der Waals surface area contributed by atoms with E-state index in [-0.39, 0.29) is 0 Å². The van der Waals surface area contributed by atoms with Crippen LogP contribution in [-0.4, -0.2) is 10.9 Å². The average molecular weight is 175 g/mol. The lowest BCUT2D eigenvalue weighted by molar-refractivity contribution is 0.314. The minimum Gasteiger partial charge on any atom is -0.411 e. The van der Waals surface area contributed by atoms with Crippen molar-refractivity contribution in [2.75, 3.05) is 0 Å². The van der Waals surface area contributed by atoms with Crippen molar-refractivity contribution in [1.82, 2.24) is 0 Å². The highest BCUT2D eigenvalue weighted by atomic mass is 16.4. The molecule has 1 aliphatic carbocycles. The summed E-state index contributed by atoms with van der Waals surface area (Å²) in [5.74, 6) is 0.375. The summed E-state index contributed by atoms with van der Waals surface area (Å²) in [5, 5.41) is 12.3. The number of aryl methyl sites for hydroxylation is 1. The van der Waals surface area contributed by atoms with Crippen LogP contribution in [0.15, 0.2) is 29.4 Å². The second-order valence-corrected chi connectivity index (χ2v) is 3.58. The molecule has 13 heavy (non-hydrogen) atoms. The summed E-state index contributed by atoms with van der Waals surface area (Å²) in [7, 11) is 0. The number of fused-ring (bicyclic) bond motifs is 1. The molecule has 2 rings (SSSR count). The fourth-order valence-corrected chi connectivity index (χ4v) is 1.91. The normalized spacial score (nSPS) is 24.4. The molecular formula is C11H13NO. The zero-order valence-corrected chi connectivity index (χ0v) is 7.70. The molecule has 1 aromatic carbocycles. The lowest BCUT2D eigenvalue weighted by Gasteiger charge is -2.22. The van der Waals surface area contributed by atoms with Crippen LogP contribution in [-0.2, 0) is 6.42 Å². The van der Waals surface area contributed by atoms with E-state index in [2.05, 4.69) is 18.1 Å². The second kappa shape index (κ2) is 3.21. The van der Waals surface area contributed by atoms with Gasteiger partial charge < -0.3 is 5.21 Å². The van der Waals surface area contributed by atoms with Crippen LogP contribution in [0.3, 0.4) is 0 Å². The maximum atomic E-state index is 8.90. The Kier molecular flexibility index (Phi) is 2.05. The molecule has 1 unspecified atom stereocenters. The van der Waals surface area contributed by atoms with Crippen LogP contribution in [0.2, 0.25) is 0 Å². The van der Waals surface area contributed by atoms with Crippen molar-refractivity contribution < 1.29 is 5.21 Å². The number of hydrogen-bond donors (Lipinski definition) is 1. The summed E-state index contributed by atoms with van der Waals surface area (Å²) < 4.78 is 0. The molecule has 2 nitrogen and oxygen atoms in total. The summed E-state index contributed by atoms with van der Waals surface area (Å²) in [6.45, 7) is 2.10. The van der Waals surface area contributed by atoms with E-state index in [1.165, 1.54) is 5.56 Å². The maximum absolute atomic E-state index is 8.90. The Morgan fingerprint density at radius 3 is 2.92 bits per heavy atom. The van der Waals surface area contributed by atoms with Crippen molar-refractivity contribution in [3.63, 3.8) is 0 Å². The Morgan fingerprint density at radius 1 is 1.38 bits per heavy atom. The van der Waals surface area contributed by atoms with Gasteiger partial charge in [0.1, 0.15) is 0 Å². The van der Waals surface area contributed by atoms with Gasteiger partial charge in [0.05, 0.1) is 5.71 Å². The first kappa shape index (κ1) is 8.30. The topological polar surface area (TPSA) is 32.6 Å². The molecule has 0 radical (unpaired) electrons. The van der Waals surface area contributed by atoms with Gasteiger partial charge in [0.25, 0.3) is 0 Å². The van der Waals surface area contributed by atoms with Crippen LogP contribution in [0.5, 0.6) is 0 Å².